The highest BCUT2D eigenvalue weighted by molar-refractivity contribution is 5.62. The van der Waals surface area contributed by atoms with Gasteiger partial charge in [0.1, 0.15) is 29.0 Å². The van der Waals surface area contributed by atoms with Gasteiger partial charge in [0.15, 0.2) is 0 Å². The first-order valence-electron chi connectivity index (χ1n) is 10.7. The van der Waals surface area contributed by atoms with Crippen LogP contribution < -0.4 is 5.73 Å². The van der Waals surface area contributed by atoms with Crippen LogP contribution in [0.15, 0.2) is 76.9 Å². The van der Waals surface area contributed by atoms with Gasteiger partial charge < -0.3 is 10.5 Å². The number of nitriles is 1. The minimum Gasteiger partial charge on any atom is -0.440 e. The lowest BCUT2D eigenvalue weighted by Gasteiger charge is -2.41. The number of benzene rings is 2. The highest BCUT2D eigenvalue weighted by Gasteiger charge is 2.41. The molecule has 0 amide bonds. The Morgan fingerprint density at radius 3 is 2.38 bits per heavy atom. The Balaban J connectivity index is 1.92. The fourth-order valence-electron chi connectivity index (χ4n) is 4.56. The molecular weight excluding hydrogens is 406 g/mol. The van der Waals surface area contributed by atoms with Crippen molar-refractivity contribution >= 4 is 6.08 Å². The standard InChI is InChI=1S/C27H26F2N2O/c1-27(2,3)19-12-18(10-16-6-4-8-20(28)11-16)25-22(14-19)24(23(15-30)26(31)32-25)17-7-5-9-21(29)13-17/h4-11,13,19,24H,12,14,31H2,1-3H3/b18-10+/t19-,24+/m1/s1. The molecule has 0 saturated carbocycles. The largest absolute Gasteiger partial charge is 0.440 e. The molecular formula is C27H26F2N2O. The molecule has 2 aromatic carbocycles. The summed E-state index contributed by atoms with van der Waals surface area (Å²) in [6, 6.07) is 14.8. The normalized spacial score (nSPS) is 22.4. The molecule has 0 unspecified atom stereocenters. The Morgan fingerprint density at radius 2 is 1.75 bits per heavy atom. The molecule has 5 heteroatoms. The van der Waals surface area contributed by atoms with Gasteiger partial charge in [0.05, 0.1) is 0 Å². The zero-order valence-corrected chi connectivity index (χ0v) is 18.5. The maximum absolute atomic E-state index is 14.1. The molecule has 32 heavy (non-hydrogen) atoms. The van der Waals surface area contributed by atoms with Crippen molar-refractivity contribution in [2.75, 3.05) is 0 Å². The van der Waals surface area contributed by atoms with Gasteiger partial charge in [0.2, 0.25) is 5.88 Å². The molecule has 0 radical (unpaired) electrons. The van der Waals surface area contributed by atoms with Crippen LogP contribution in [0, 0.1) is 34.3 Å². The summed E-state index contributed by atoms with van der Waals surface area (Å²) >= 11 is 0. The monoisotopic (exact) mass is 432 g/mol. The van der Waals surface area contributed by atoms with Crippen LogP contribution >= 0.6 is 0 Å². The highest BCUT2D eigenvalue weighted by Crippen LogP contribution is 2.51. The summed E-state index contributed by atoms with van der Waals surface area (Å²) in [6.45, 7) is 6.54. The van der Waals surface area contributed by atoms with E-state index in [0.29, 0.717) is 17.7 Å². The van der Waals surface area contributed by atoms with Crippen molar-refractivity contribution in [1.82, 2.24) is 0 Å². The second-order valence-electron chi connectivity index (χ2n) is 9.53. The Hall–Kier alpha value is -3.39. The number of hydrogen-bond donors (Lipinski definition) is 1. The van der Waals surface area contributed by atoms with Crippen LogP contribution in [0.3, 0.4) is 0 Å². The molecule has 0 fully saturated rings. The third-order valence-electron chi connectivity index (χ3n) is 6.35. The minimum atomic E-state index is -0.486. The molecule has 0 bridgehead atoms. The van der Waals surface area contributed by atoms with E-state index in [1.54, 1.807) is 12.1 Å². The second-order valence-corrected chi connectivity index (χ2v) is 9.53. The molecule has 2 N–H and O–H groups in total. The van der Waals surface area contributed by atoms with Gasteiger partial charge in [-0.1, -0.05) is 45.0 Å². The van der Waals surface area contributed by atoms with E-state index in [1.807, 2.05) is 18.2 Å². The zero-order chi connectivity index (χ0) is 23.0. The van der Waals surface area contributed by atoms with Crippen LogP contribution in [-0.4, -0.2) is 0 Å². The van der Waals surface area contributed by atoms with Crippen molar-refractivity contribution in [3.05, 3.63) is 99.7 Å². The lowest BCUT2D eigenvalue weighted by molar-refractivity contribution is 0.200. The number of nitrogens with zero attached hydrogens (tertiary/aromatic N) is 1. The van der Waals surface area contributed by atoms with Crippen LogP contribution in [0.1, 0.15) is 50.7 Å². The first-order chi connectivity index (χ1) is 15.2. The maximum atomic E-state index is 14.1. The molecule has 2 atom stereocenters. The number of hydrogen-bond acceptors (Lipinski definition) is 3. The van der Waals surface area contributed by atoms with E-state index in [4.69, 9.17) is 10.5 Å². The van der Waals surface area contributed by atoms with Crippen LogP contribution in [0.2, 0.25) is 0 Å². The van der Waals surface area contributed by atoms with E-state index in [-0.39, 0.29) is 34.4 Å². The molecule has 1 aliphatic carbocycles. The Bertz CT molecular complexity index is 1190. The van der Waals surface area contributed by atoms with Crippen molar-refractivity contribution in [3.63, 3.8) is 0 Å². The van der Waals surface area contributed by atoms with Crippen molar-refractivity contribution in [1.29, 1.82) is 5.26 Å². The van der Waals surface area contributed by atoms with Crippen LogP contribution in [-0.2, 0) is 4.74 Å². The molecule has 2 aliphatic rings. The van der Waals surface area contributed by atoms with Crippen LogP contribution in [0.4, 0.5) is 8.78 Å². The fraction of sp³-hybridized carbons (Fsp3) is 0.296. The summed E-state index contributed by atoms with van der Waals surface area (Å²) < 4.78 is 34.0. The Kier molecular flexibility index (Phi) is 5.64. The zero-order valence-electron chi connectivity index (χ0n) is 18.5. The fourth-order valence-corrected chi connectivity index (χ4v) is 4.56. The number of nitrogens with two attached hydrogens (primary N) is 1. The summed E-state index contributed by atoms with van der Waals surface area (Å²) in [5.41, 5.74) is 9.65. The van der Waals surface area contributed by atoms with E-state index >= 15 is 0 Å². The lowest BCUT2D eigenvalue weighted by atomic mass is 9.66. The molecule has 2 aromatic rings. The van der Waals surface area contributed by atoms with Crippen molar-refractivity contribution in [2.45, 2.75) is 39.5 Å². The van der Waals surface area contributed by atoms with Gasteiger partial charge >= 0.3 is 0 Å². The van der Waals surface area contributed by atoms with Gasteiger partial charge in [-0.15, -0.1) is 0 Å². The first-order valence-corrected chi connectivity index (χ1v) is 10.7. The highest BCUT2D eigenvalue weighted by atomic mass is 19.1. The van der Waals surface area contributed by atoms with E-state index < -0.39 is 5.92 Å². The molecule has 1 heterocycles. The van der Waals surface area contributed by atoms with Crippen LogP contribution in [0.25, 0.3) is 6.08 Å². The number of rotatable bonds is 2. The van der Waals surface area contributed by atoms with Gasteiger partial charge in [0, 0.05) is 5.92 Å². The van der Waals surface area contributed by atoms with Crippen molar-refractivity contribution in [2.24, 2.45) is 17.1 Å². The average molecular weight is 433 g/mol. The van der Waals surface area contributed by atoms with Gasteiger partial charge in [-0.25, -0.2) is 8.78 Å². The third-order valence-corrected chi connectivity index (χ3v) is 6.35. The summed E-state index contributed by atoms with van der Waals surface area (Å²) in [5, 5.41) is 9.87. The molecule has 0 aromatic heterocycles. The summed E-state index contributed by atoms with van der Waals surface area (Å²) in [7, 11) is 0. The minimum absolute atomic E-state index is 0.0223. The topological polar surface area (TPSA) is 59.0 Å². The predicted molar refractivity (Wildman–Crippen MR) is 121 cm³/mol. The Morgan fingerprint density at radius 1 is 1.06 bits per heavy atom. The summed E-state index contributed by atoms with van der Waals surface area (Å²) in [6.07, 6.45) is 3.34. The van der Waals surface area contributed by atoms with Crippen molar-refractivity contribution < 1.29 is 13.5 Å². The van der Waals surface area contributed by atoms with E-state index in [2.05, 4.69) is 26.8 Å². The summed E-state index contributed by atoms with van der Waals surface area (Å²) in [4.78, 5) is 0. The van der Waals surface area contributed by atoms with Crippen molar-refractivity contribution in [3.8, 4) is 6.07 Å². The predicted octanol–water partition coefficient (Wildman–Crippen LogP) is 6.57. The van der Waals surface area contributed by atoms with Gasteiger partial charge in [-0.05, 0) is 76.8 Å². The third kappa shape index (κ3) is 4.18. The summed E-state index contributed by atoms with van der Waals surface area (Å²) in [5.74, 6) is -0.281. The smallest absolute Gasteiger partial charge is 0.205 e. The molecule has 164 valence electrons. The maximum Gasteiger partial charge on any atom is 0.205 e. The number of halogens is 2. The van der Waals surface area contributed by atoms with E-state index in [0.717, 1.165) is 23.1 Å². The molecule has 0 spiro atoms. The average Bonchev–Trinajstić information content (AvgIpc) is 2.72. The van der Waals surface area contributed by atoms with E-state index in [1.165, 1.54) is 24.3 Å². The van der Waals surface area contributed by atoms with Gasteiger partial charge in [-0.2, -0.15) is 5.26 Å². The molecule has 3 nitrogen and oxygen atoms in total. The Labute approximate surface area is 187 Å². The quantitative estimate of drug-likeness (QED) is 0.584. The number of ether oxygens (including phenoxy) is 1. The second kappa shape index (κ2) is 8.27. The SMILES string of the molecule is CC(C)(C)[C@H]1CC2=C(OC(N)=C(C#N)[C@H]2c2cccc(F)c2)/C(=C/c2cccc(F)c2)C1. The van der Waals surface area contributed by atoms with Gasteiger partial charge in [0.25, 0.3) is 0 Å². The molecule has 1 aliphatic heterocycles. The lowest BCUT2D eigenvalue weighted by Crippen LogP contribution is -2.31. The first kappa shape index (κ1) is 21.8. The van der Waals surface area contributed by atoms with E-state index in [9.17, 15) is 14.0 Å². The number of allylic oxidation sites excluding steroid dienone is 3. The van der Waals surface area contributed by atoms with Crippen LogP contribution in [0.5, 0.6) is 0 Å². The molecule has 0 saturated heterocycles. The molecule has 4 rings (SSSR count). The van der Waals surface area contributed by atoms with Gasteiger partial charge in [-0.3, -0.25) is 0 Å².